The lowest BCUT2D eigenvalue weighted by molar-refractivity contribution is 0.193. The summed E-state index contributed by atoms with van der Waals surface area (Å²) in [5.74, 6) is 1.41. The molecule has 2 aromatic carbocycles. The van der Waals surface area contributed by atoms with Gasteiger partial charge in [-0.25, -0.2) is 4.98 Å². The van der Waals surface area contributed by atoms with Crippen molar-refractivity contribution in [1.82, 2.24) is 9.97 Å². The van der Waals surface area contributed by atoms with Crippen LogP contribution >= 0.6 is 0 Å². The first-order valence-corrected chi connectivity index (χ1v) is 7.70. The number of ether oxygens (including phenoxy) is 1. The predicted molar refractivity (Wildman–Crippen MR) is 87.6 cm³/mol. The number of benzene rings is 2. The summed E-state index contributed by atoms with van der Waals surface area (Å²) >= 11 is 0. The predicted octanol–water partition coefficient (Wildman–Crippen LogP) is 4.25. The summed E-state index contributed by atoms with van der Waals surface area (Å²) in [5.41, 5.74) is 4.42. The number of hydrogen-bond acceptors (Lipinski definition) is 2. The maximum Gasteiger partial charge on any atom is 0.112 e. The number of imidazole rings is 1. The molecule has 1 fully saturated rings. The molecule has 0 radical (unpaired) electrons. The Kier molecular flexibility index (Phi) is 3.49. The van der Waals surface area contributed by atoms with E-state index < -0.39 is 0 Å². The third-order valence-corrected chi connectivity index (χ3v) is 4.15. The largest absolute Gasteiger partial charge is 0.381 e. The molecule has 0 amide bonds. The molecule has 1 saturated heterocycles. The molecule has 1 aromatic heterocycles. The molecule has 1 atom stereocenters. The highest BCUT2D eigenvalue weighted by atomic mass is 16.5. The standard InChI is InChI=1S/C19H18N2O/c1-3-7-14(8-4-1)17-18(15-9-5-2-6-10-15)21-19(20-17)16-11-12-22-13-16/h1-10,16H,11-13H2,(H,20,21). The summed E-state index contributed by atoms with van der Waals surface area (Å²) < 4.78 is 5.51. The highest BCUT2D eigenvalue weighted by Gasteiger charge is 2.23. The van der Waals surface area contributed by atoms with Crippen LogP contribution in [-0.2, 0) is 4.74 Å². The molecular formula is C19H18N2O. The van der Waals surface area contributed by atoms with Gasteiger partial charge in [0.2, 0.25) is 0 Å². The Labute approximate surface area is 130 Å². The van der Waals surface area contributed by atoms with Crippen LogP contribution in [-0.4, -0.2) is 23.2 Å². The van der Waals surface area contributed by atoms with Gasteiger partial charge in [0.1, 0.15) is 5.82 Å². The van der Waals surface area contributed by atoms with Gasteiger partial charge in [-0.2, -0.15) is 0 Å². The third-order valence-electron chi connectivity index (χ3n) is 4.15. The van der Waals surface area contributed by atoms with Crippen LogP contribution in [0.2, 0.25) is 0 Å². The zero-order chi connectivity index (χ0) is 14.8. The molecule has 1 aliphatic heterocycles. The second-order valence-corrected chi connectivity index (χ2v) is 5.64. The van der Waals surface area contributed by atoms with E-state index in [1.807, 2.05) is 12.1 Å². The van der Waals surface area contributed by atoms with Crippen molar-refractivity contribution in [2.75, 3.05) is 13.2 Å². The molecule has 0 aliphatic carbocycles. The molecule has 2 heterocycles. The van der Waals surface area contributed by atoms with Gasteiger partial charge in [0, 0.05) is 23.7 Å². The Bertz CT molecular complexity index is 687. The van der Waals surface area contributed by atoms with Crippen LogP contribution in [0.5, 0.6) is 0 Å². The minimum absolute atomic E-state index is 0.375. The molecule has 3 nitrogen and oxygen atoms in total. The fourth-order valence-electron chi connectivity index (χ4n) is 2.95. The van der Waals surface area contributed by atoms with Crippen LogP contribution in [0, 0.1) is 0 Å². The van der Waals surface area contributed by atoms with Gasteiger partial charge < -0.3 is 9.72 Å². The molecule has 110 valence electrons. The number of nitrogens with one attached hydrogen (secondary N) is 1. The number of H-pyrrole nitrogens is 1. The molecule has 3 aromatic rings. The highest BCUT2D eigenvalue weighted by Crippen LogP contribution is 2.33. The first kappa shape index (κ1) is 13.3. The van der Waals surface area contributed by atoms with Crippen LogP contribution in [0.25, 0.3) is 22.5 Å². The van der Waals surface area contributed by atoms with Gasteiger partial charge >= 0.3 is 0 Å². The number of rotatable bonds is 3. The second kappa shape index (κ2) is 5.78. The molecule has 1 aliphatic rings. The molecule has 1 unspecified atom stereocenters. The normalized spacial score (nSPS) is 17.7. The zero-order valence-corrected chi connectivity index (χ0v) is 12.3. The molecule has 0 saturated carbocycles. The molecule has 1 N–H and O–H groups in total. The van der Waals surface area contributed by atoms with E-state index in [1.165, 1.54) is 5.56 Å². The summed E-state index contributed by atoms with van der Waals surface area (Å²) in [4.78, 5) is 8.45. The summed E-state index contributed by atoms with van der Waals surface area (Å²) in [6.07, 6.45) is 1.04. The molecule has 0 spiro atoms. The third kappa shape index (κ3) is 2.44. The topological polar surface area (TPSA) is 37.9 Å². The Morgan fingerprint density at radius 3 is 2.23 bits per heavy atom. The lowest BCUT2D eigenvalue weighted by Crippen LogP contribution is -1.99. The maximum absolute atomic E-state index is 5.51. The van der Waals surface area contributed by atoms with Crippen molar-refractivity contribution >= 4 is 0 Å². The summed E-state index contributed by atoms with van der Waals surface area (Å²) in [5, 5.41) is 0. The van der Waals surface area contributed by atoms with Crippen LogP contribution in [0.15, 0.2) is 60.7 Å². The van der Waals surface area contributed by atoms with Crippen molar-refractivity contribution < 1.29 is 4.74 Å². The van der Waals surface area contributed by atoms with Gasteiger partial charge in [0.25, 0.3) is 0 Å². The fourth-order valence-corrected chi connectivity index (χ4v) is 2.95. The monoisotopic (exact) mass is 290 g/mol. The van der Waals surface area contributed by atoms with E-state index in [4.69, 9.17) is 9.72 Å². The Morgan fingerprint density at radius 2 is 1.59 bits per heavy atom. The van der Waals surface area contributed by atoms with Crippen molar-refractivity contribution in [2.45, 2.75) is 12.3 Å². The van der Waals surface area contributed by atoms with E-state index in [0.717, 1.165) is 42.4 Å². The van der Waals surface area contributed by atoms with Crippen LogP contribution in [0.4, 0.5) is 0 Å². The number of aromatic amines is 1. The zero-order valence-electron chi connectivity index (χ0n) is 12.3. The lowest BCUT2D eigenvalue weighted by atomic mass is 10.1. The van der Waals surface area contributed by atoms with Gasteiger partial charge in [-0.05, 0) is 6.42 Å². The van der Waals surface area contributed by atoms with E-state index in [2.05, 4.69) is 53.5 Å². The van der Waals surface area contributed by atoms with Gasteiger partial charge in [-0.1, -0.05) is 60.7 Å². The lowest BCUT2D eigenvalue weighted by Gasteiger charge is -2.02. The first-order chi connectivity index (χ1) is 10.9. The van der Waals surface area contributed by atoms with E-state index >= 15 is 0 Å². The minimum atomic E-state index is 0.375. The van der Waals surface area contributed by atoms with Gasteiger partial charge in [0.15, 0.2) is 0 Å². The highest BCUT2D eigenvalue weighted by molar-refractivity contribution is 5.78. The van der Waals surface area contributed by atoms with Crippen molar-refractivity contribution in [1.29, 1.82) is 0 Å². The van der Waals surface area contributed by atoms with Crippen molar-refractivity contribution in [3.05, 3.63) is 66.5 Å². The van der Waals surface area contributed by atoms with Gasteiger partial charge in [0.05, 0.1) is 18.0 Å². The molecule has 22 heavy (non-hydrogen) atoms. The minimum Gasteiger partial charge on any atom is -0.381 e. The number of nitrogens with zero attached hydrogens (tertiary/aromatic N) is 1. The average Bonchev–Trinajstić information content (AvgIpc) is 3.26. The number of hydrogen-bond donors (Lipinski definition) is 1. The Hall–Kier alpha value is -2.39. The fraction of sp³-hybridized carbons (Fsp3) is 0.211. The first-order valence-electron chi connectivity index (χ1n) is 7.70. The van der Waals surface area contributed by atoms with Crippen molar-refractivity contribution in [3.63, 3.8) is 0 Å². The van der Waals surface area contributed by atoms with Crippen LogP contribution < -0.4 is 0 Å². The molecule has 4 rings (SSSR count). The Morgan fingerprint density at radius 1 is 0.909 bits per heavy atom. The smallest absolute Gasteiger partial charge is 0.112 e. The van der Waals surface area contributed by atoms with E-state index in [-0.39, 0.29) is 0 Å². The van der Waals surface area contributed by atoms with Gasteiger partial charge in [-0.3, -0.25) is 0 Å². The molecular weight excluding hydrogens is 272 g/mol. The Balaban J connectivity index is 1.84. The van der Waals surface area contributed by atoms with Crippen LogP contribution in [0.1, 0.15) is 18.2 Å². The second-order valence-electron chi connectivity index (χ2n) is 5.64. The maximum atomic E-state index is 5.51. The van der Waals surface area contributed by atoms with Crippen molar-refractivity contribution in [3.8, 4) is 22.5 Å². The number of aromatic nitrogens is 2. The van der Waals surface area contributed by atoms with E-state index in [1.54, 1.807) is 0 Å². The quantitative estimate of drug-likeness (QED) is 0.783. The molecule has 0 bridgehead atoms. The van der Waals surface area contributed by atoms with E-state index in [9.17, 15) is 0 Å². The molecule has 3 heteroatoms. The summed E-state index contributed by atoms with van der Waals surface area (Å²) in [7, 11) is 0. The average molecular weight is 290 g/mol. The van der Waals surface area contributed by atoms with Crippen molar-refractivity contribution in [2.24, 2.45) is 0 Å². The van der Waals surface area contributed by atoms with Gasteiger partial charge in [-0.15, -0.1) is 0 Å². The van der Waals surface area contributed by atoms with E-state index in [0.29, 0.717) is 5.92 Å². The SMILES string of the molecule is c1ccc(-c2nc(C3CCOC3)[nH]c2-c2ccccc2)cc1. The summed E-state index contributed by atoms with van der Waals surface area (Å²) in [6, 6.07) is 20.7. The summed E-state index contributed by atoms with van der Waals surface area (Å²) in [6.45, 7) is 1.59. The van der Waals surface area contributed by atoms with Crippen LogP contribution in [0.3, 0.4) is 0 Å².